The van der Waals surface area contributed by atoms with Crippen LogP contribution in [0.5, 0.6) is 0 Å². The van der Waals surface area contributed by atoms with Crippen LogP contribution in [0.4, 0.5) is 10.1 Å². The van der Waals surface area contributed by atoms with Crippen molar-refractivity contribution in [1.29, 1.82) is 0 Å². The van der Waals surface area contributed by atoms with Gasteiger partial charge in [0.25, 0.3) is 0 Å². The molecule has 1 N–H and O–H groups in total. The van der Waals surface area contributed by atoms with Gasteiger partial charge in [-0.25, -0.2) is 4.39 Å². The second-order valence-corrected chi connectivity index (χ2v) is 7.16. The number of nitrogens with one attached hydrogen (secondary N) is 1. The lowest BCUT2D eigenvalue weighted by molar-refractivity contribution is -0.115. The molecule has 1 heterocycles. The lowest BCUT2D eigenvalue weighted by Crippen LogP contribution is -2.23. The number of hydrogen-bond donors (Lipinski definition) is 1. The molecule has 0 fully saturated rings. The monoisotopic (exact) mass is 371 g/mol. The maximum atomic E-state index is 13.2. The first-order valence-corrected chi connectivity index (χ1v) is 8.91. The number of hydrogen-bond acceptors (Lipinski definition) is 5. The van der Waals surface area contributed by atoms with E-state index in [1.165, 1.54) is 23.9 Å². The van der Waals surface area contributed by atoms with Crippen LogP contribution in [-0.4, -0.2) is 31.4 Å². The van der Waals surface area contributed by atoms with Gasteiger partial charge >= 0.3 is 0 Å². The van der Waals surface area contributed by atoms with Gasteiger partial charge in [-0.3, -0.25) is 4.79 Å². The smallest absolute Gasteiger partial charge is 0.237 e. The summed E-state index contributed by atoms with van der Waals surface area (Å²) in [5, 5.41) is 14.6. The lowest BCUT2D eigenvalue weighted by Gasteiger charge is -2.13. The summed E-state index contributed by atoms with van der Waals surface area (Å²) in [7, 11) is 0. The van der Waals surface area contributed by atoms with Crippen molar-refractivity contribution in [3.8, 4) is 5.69 Å². The number of carbonyl (C=O) groups excluding carboxylic acids is 1. The van der Waals surface area contributed by atoms with Crippen LogP contribution in [0.15, 0.2) is 47.6 Å². The van der Waals surface area contributed by atoms with Crippen LogP contribution < -0.4 is 5.32 Å². The van der Waals surface area contributed by atoms with E-state index in [9.17, 15) is 9.18 Å². The van der Waals surface area contributed by atoms with E-state index in [0.717, 1.165) is 16.8 Å². The Bertz CT molecular complexity index is 943. The fourth-order valence-electron chi connectivity index (χ4n) is 2.39. The summed E-state index contributed by atoms with van der Waals surface area (Å²) < 4.78 is 14.9. The van der Waals surface area contributed by atoms with Gasteiger partial charge in [-0.1, -0.05) is 30.0 Å². The van der Waals surface area contributed by atoms with Gasteiger partial charge < -0.3 is 5.32 Å². The molecule has 0 radical (unpaired) electrons. The lowest BCUT2D eigenvalue weighted by atomic mass is 10.1. The third kappa shape index (κ3) is 3.91. The van der Waals surface area contributed by atoms with Gasteiger partial charge in [0.15, 0.2) is 0 Å². The Morgan fingerprint density at radius 1 is 1.23 bits per heavy atom. The van der Waals surface area contributed by atoms with Crippen molar-refractivity contribution in [2.45, 2.75) is 31.2 Å². The number of tetrazole rings is 1. The first kappa shape index (κ1) is 18.1. The summed E-state index contributed by atoms with van der Waals surface area (Å²) >= 11 is 1.24. The average Bonchev–Trinajstić information content (AvgIpc) is 3.05. The van der Waals surface area contributed by atoms with E-state index < -0.39 is 11.1 Å². The maximum absolute atomic E-state index is 13.2. The van der Waals surface area contributed by atoms with E-state index in [2.05, 4.69) is 20.8 Å². The Hall–Kier alpha value is -2.74. The third-order valence-electron chi connectivity index (χ3n) is 3.99. The molecule has 3 rings (SSSR count). The van der Waals surface area contributed by atoms with Crippen LogP contribution >= 0.6 is 11.8 Å². The number of carbonyl (C=O) groups is 1. The minimum atomic E-state index is -0.465. The standard InChI is InChI=1S/C18H18FN5OS/c1-11-6-4-9-16(12(11)2)24-18(21-22-23-24)26-13(3)17(25)20-15-8-5-7-14(19)10-15/h4-10,13H,1-3H3,(H,20,25). The Morgan fingerprint density at radius 2 is 2.00 bits per heavy atom. The van der Waals surface area contributed by atoms with Gasteiger partial charge in [0, 0.05) is 5.69 Å². The molecule has 0 aliphatic carbocycles. The number of amides is 1. The Balaban J connectivity index is 1.76. The van der Waals surface area contributed by atoms with Crippen molar-refractivity contribution in [3.63, 3.8) is 0 Å². The molecule has 1 atom stereocenters. The molecule has 6 nitrogen and oxygen atoms in total. The number of anilines is 1. The minimum Gasteiger partial charge on any atom is -0.325 e. The summed E-state index contributed by atoms with van der Waals surface area (Å²) in [6.07, 6.45) is 0. The van der Waals surface area contributed by atoms with Crippen molar-refractivity contribution in [3.05, 3.63) is 59.4 Å². The number of nitrogens with zero attached hydrogens (tertiary/aromatic N) is 4. The average molecular weight is 371 g/mol. The number of rotatable bonds is 5. The van der Waals surface area contributed by atoms with Crippen LogP contribution in [0.2, 0.25) is 0 Å². The highest BCUT2D eigenvalue weighted by Gasteiger charge is 2.20. The van der Waals surface area contributed by atoms with Gasteiger partial charge in [-0.2, -0.15) is 4.68 Å². The van der Waals surface area contributed by atoms with E-state index in [0.29, 0.717) is 10.8 Å². The second kappa shape index (κ2) is 7.65. The number of aryl methyl sites for hydroxylation is 1. The van der Waals surface area contributed by atoms with Gasteiger partial charge in [-0.05, 0) is 66.6 Å². The maximum Gasteiger partial charge on any atom is 0.237 e. The molecule has 0 aliphatic rings. The first-order chi connectivity index (χ1) is 12.5. The van der Waals surface area contributed by atoms with Crippen molar-refractivity contribution in [2.24, 2.45) is 0 Å². The van der Waals surface area contributed by atoms with E-state index in [-0.39, 0.29) is 5.91 Å². The molecule has 0 saturated heterocycles. The van der Waals surface area contributed by atoms with Crippen LogP contribution in [-0.2, 0) is 4.79 Å². The largest absolute Gasteiger partial charge is 0.325 e. The normalized spacial score (nSPS) is 12.0. The van der Waals surface area contributed by atoms with E-state index in [4.69, 9.17) is 0 Å². The summed E-state index contributed by atoms with van der Waals surface area (Å²) in [6.45, 7) is 5.77. The molecule has 1 unspecified atom stereocenters. The van der Waals surface area contributed by atoms with Crippen molar-refractivity contribution < 1.29 is 9.18 Å². The Labute approximate surface area is 154 Å². The fraction of sp³-hybridized carbons (Fsp3) is 0.222. The quantitative estimate of drug-likeness (QED) is 0.695. The second-order valence-electron chi connectivity index (χ2n) is 5.85. The number of aromatic nitrogens is 4. The fourth-order valence-corrected chi connectivity index (χ4v) is 3.19. The van der Waals surface area contributed by atoms with Gasteiger partial charge in [0.05, 0.1) is 10.9 Å². The highest BCUT2D eigenvalue weighted by molar-refractivity contribution is 8.00. The highest BCUT2D eigenvalue weighted by Crippen LogP contribution is 2.26. The molecule has 1 amide bonds. The molecule has 2 aromatic carbocycles. The van der Waals surface area contributed by atoms with Crippen LogP contribution in [0, 0.1) is 19.7 Å². The molecule has 3 aromatic rings. The van der Waals surface area contributed by atoms with Crippen molar-refractivity contribution in [1.82, 2.24) is 20.2 Å². The zero-order valence-electron chi connectivity index (χ0n) is 14.6. The molecule has 8 heteroatoms. The van der Waals surface area contributed by atoms with Crippen molar-refractivity contribution in [2.75, 3.05) is 5.32 Å². The van der Waals surface area contributed by atoms with E-state index in [1.54, 1.807) is 23.7 Å². The number of thioether (sulfide) groups is 1. The van der Waals surface area contributed by atoms with Gasteiger partial charge in [0.1, 0.15) is 5.82 Å². The number of halogens is 1. The highest BCUT2D eigenvalue weighted by atomic mass is 32.2. The molecule has 0 spiro atoms. The molecule has 0 bridgehead atoms. The molecule has 0 saturated carbocycles. The van der Waals surface area contributed by atoms with Gasteiger partial charge in [-0.15, -0.1) is 5.10 Å². The first-order valence-electron chi connectivity index (χ1n) is 8.04. The third-order valence-corrected chi connectivity index (χ3v) is 5.02. The summed E-state index contributed by atoms with van der Waals surface area (Å²) in [5.74, 6) is -0.655. The predicted octanol–water partition coefficient (Wildman–Crippen LogP) is 3.54. The predicted molar refractivity (Wildman–Crippen MR) is 99.0 cm³/mol. The minimum absolute atomic E-state index is 0.254. The summed E-state index contributed by atoms with van der Waals surface area (Å²) in [6, 6.07) is 11.7. The summed E-state index contributed by atoms with van der Waals surface area (Å²) in [5.41, 5.74) is 3.48. The van der Waals surface area contributed by atoms with Crippen LogP contribution in [0.1, 0.15) is 18.1 Å². The molecule has 134 valence electrons. The van der Waals surface area contributed by atoms with Crippen molar-refractivity contribution >= 4 is 23.4 Å². The zero-order chi connectivity index (χ0) is 18.7. The molecule has 1 aromatic heterocycles. The van der Waals surface area contributed by atoms with Crippen LogP contribution in [0.25, 0.3) is 5.69 Å². The summed E-state index contributed by atoms with van der Waals surface area (Å²) in [4.78, 5) is 12.4. The SMILES string of the molecule is Cc1cccc(-n2nnnc2SC(C)C(=O)Nc2cccc(F)c2)c1C. The topological polar surface area (TPSA) is 72.7 Å². The molecular formula is C18H18FN5OS. The van der Waals surface area contributed by atoms with Gasteiger partial charge in [0.2, 0.25) is 11.1 Å². The molecule has 26 heavy (non-hydrogen) atoms. The van der Waals surface area contributed by atoms with E-state index >= 15 is 0 Å². The van der Waals surface area contributed by atoms with E-state index in [1.807, 2.05) is 32.0 Å². The number of benzene rings is 2. The Kier molecular flexibility index (Phi) is 5.32. The zero-order valence-corrected chi connectivity index (χ0v) is 15.4. The molecular weight excluding hydrogens is 353 g/mol. The van der Waals surface area contributed by atoms with Crippen LogP contribution in [0.3, 0.4) is 0 Å². The Morgan fingerprint density at radius 3 is 2.77 bits per heavy atom. The molecule has 0 aliphatic heterocycles.